The van der Waals surface area contributed by atoms with Gasteiger partial charge in [0.1, 0.15) is 11.9 Å². The van der Waals surface area contributed by atoms with Crippen LogP contribution in [-0.2, 0) is 11.3 Å². The summed E-state index contributed by atoms with van der Waals surface area (Å²) in [6, 6.07) is 11.9. The molecule has 1 unspecified atom stereocenters. The molecule has 0 fully saturated rings. The van der Waals surface area contributed by atoms with Crippen LogP contribution < -0.4 is 0 Å². The third-order valence-corrected chi connectivity index (χ3v) is 3.76. The predicted molar refractivity (Wildman–Crippen MR) is 81.1 cm³/mol. The van der Waals surface area contributed by atoms with Gasteiger partial charge in [0.15, 0.2) is 0 Å². The van der Waals surface area contributed by atoms with Gasteiger partial charge in [0.2, 0.25) is 0 Å². The van der Waals surface area contributed by atoms with Crippen molar-refractivity contribution in [1.29, 1.82) is 0 Å². The molecular formula is C17H19NO2. The fourth-order valence-electron chi connectivity index (χ4n) is 2.74. The van der Waals surface area contributed by atoms with Gasteiger partial charge in [-0.15, -0.1) is 0 Å². The molecule has 0 bridgehead atoms. The molecule has 1 heterocycles. The maximum absolute atomic E-state index is 10.4. The summed E-state index contributed by atoms with van der Waals surface area (Å²) in [5.74, 6) is 0.371. The number of rotatable bonds is 4. The highest BCUT2D eigenvalue weighted by Gasteiger charge is 2.22. The van der Waals surface area contributed by atoms with Crippen molar-refractivity contribution in [3.05, 3.63) is 42.0 Å². The minimum Gasteiger partial charge on any atom is -0.507 e. The molecule has 2 aromatic rings. The topological polar surface area (TPSA) is 41.8 Å². The van der Waals surface area contributed by atoms with Gasteiger partial charge in [0.25, 0.3) is 0 Å². The number of nitrogens with zero attached hydrogens (tertiary/aromatic N) is 1. The summed E-state index contributed by atoms with van der Waals surface area (Å²) in [4.78, 5) is 5.47. The van der Waals surface area contributed by atoms with Gasteiger partial charge in [-0.25, -0.2) is 0 Å². The standard InChI is InChI=1S/C17H19NO2/c1-2-5-14-11-15(20-18-14)10-13-9-8-12-6-3-4-7-16(12)17(13)19/h3-4,6-9,15,19H,2,5,10-11H2,1H3. The van der Waals surface area contributed by atoms with E-state index in [1.54, 1.807) is 0 Å². The lowest BCUT2D eigenvalue weighted by Crippen LogP contribution is -2.11. The fraction of sp³-hybridized carbons (Fsp3) is 0.353. The molecule has 3 heteroatoms. The molecule has 0 aromatic heterocycles. The van der Waals surface area contributed by atoms with Crippen molar-refractivity contribution in [1.82, 2.24) is 0 Å². The monoisotopic (exact) mass is 269 g/mol. The summed E-state index contributed by atoms with van der Waals surface area (Å²) in [7, 11) is 0. The van der Waals surface area contributed by atoms with Crippen molar-refractivity contribution in [2.45, 2.75) is 38.7 Å². The van der Waals surface area contributed by atoms with Crippen molar-refractivity contribution < 1.29 is 9.94 Å². The Morgan fingerprint density at radius 1 is 1.25 bits per heavy atom. The molecule has 1 aliphatic rings. The average molecular weight is 269 g/mol. The van der Waals surface area contributed by atoms with E-state index in [9.17, 15) is 5.11 Å². The van der Waals surface area contributed by atoms with E-state index >= 15 is 0 Å². The van der Waals surface area contributed by atoms with E-state index in [1.807, 2.05) is 36.4 Å². The van der Waals surface area contributed by atoms with Crippen molar-refractivity contribution >= 4 is 16.5 Å². The Balaban J connectivity index is 1.77. The average Bonchev–Trinajstić information content (AvgIpc) is 2.90. The normalized spacial score (nSPS) is 18.1. The first-order valence-electron chi connectivity index (χ1n) is 7.19. The lowest BCUT2D eigenvalue weighted by Gasteiger charge is -2.11. The predicted octanol–water partition coefficient (Wildman–Crippen LogP) is 4.03. The lowest BCUT2D eigenvalue weighted by molar-refractivity contribution is 0.0854. The molecule has 0 saturated heterocycles. The second-order valence-electron chi connectivity index (χ2n) is 5.34. The minimum absolute atomic E-state index is 0.0589. The van der Waals surface area contributed by atoms with Crippen LogP contribution in [0.1, 0.15) is 31.7 Å². The van der Waals surface area contributed by atoms with Crippen LogP contribution in [0.25, 0.3) is 10.8 Å². The van der Waals surface area contributed by atoms with Gasteiger partial charge >= 0.3 is 0 Å². The summed E-state index contributed by atoms with van der Waals surface area (Å²) in [6.45, 7) is 2.14. The number of phenols is 1. The van der Waals surface area contributed by atoms with Crippen molar-refractivity contribution in [3.63, 3.8) is 0 Å². The molecule has 1 N–H and O–H groups in total. The molecule has 0 amide bonds. The summed E-state index contributed by atoms with van der Waals surface area (Å²) in [6.07, 6.45) is 3.73. The molecular weight excluding hydrogens is 250 g/mol. The van der Waals surface area contributed by atoms with Crippen molar-refractivity contribution in [3.8, 4) is 5.75 Å². The number of benzene rings is 2. The molecule has 3 nitrogen and oxygen atoms in total. The minimum atomic E-state index is 0.0589. The number of phenolic OH excluding ortho intramolecular Hbond substituents is 1. The fourth-order valence-corrected chi connectivity index (χ4v) is 2.74. The van der Waals surface area contributed by atoms with Crippen LogP contribution in [0.4, 0.5) is 0 Å². The summed E-state index contributed by atoms with van der Waals surface area (Å²) < 4.78 is 0. The van der Waals surface area contributed by atoms with Crippen molar-refractivity contribution in [2.75, 3.05) is 0 Å². The van der Waals surface area contributed by atoms with Crippen molar-refractivity contribution in [2.24, 2.45) is 5.16 Å². The Labute approximate surface area is 118 Å². The number of aromatic hydroxyl groups is 1. The first kappa shape index (κ1) is 13.0. The molecule has 1 atom stereocenters. The third kappa shape index (κ3) is 2.48. The van der Waals surface area contributed by atoms with Crippen LogP contribution in [0.2, 0.25) is 0 Å². The lowest BCUT2D eigenvalue weighted by atomic mass is 9.98. The number of hydrogen-bond donors (Lipinski definition) is 1. The summed E-state index contributed by atoms with van der Waals surface area (Å²) in [5.41, 5.74) is 2.07. The Morgan fingerprint density at radius 2 is 2.10 bits per heavy atom. The Hall–Kier alpha value is -2.03. The molecule has 1 aliphatic heterocycles. The molecule has 0 spiro atoms. The zero-order valence-corrected chi connectivity index (χ0v) is 11.7. The number of oxime groups is 1. The molecule has 104 valence electrons. The molecule has 0 aliphatic carbocycles. The zero-order chi connectivity index (χ0) is 13.9. The van der Waals surface area contributed by atoms with Crippen LogP contribution in [0, 0.1) is 0 Å². The quantitative estimate of drug-likeness (QED) is 0.910. The van der Waals surface area contributed by atoms with E-state index in [2.05, 4.69) is 12.1 Å². The van der Waals surface area contributed by atoms with E-state index in [0.29, 0.717) is 12.2 Å². The summed E-state index contributed by atoms with van der Waals surface area (Å²) >= 11 is 0. The first-order valence-corrected chi connectivity index (χ1v) is 7.19. The summed E-state index contributed by atoms with van der Waals surface area (Å²) in [5, 5.41) is 16.5. The Bertz CT molecular complexity index is 648. The Morgan fingerprint density at radius 3 is 2.95 bits per heavy atom. The highest BCUT2D eigenvalue weighted by molar-refractivity contribution is 5.89. The van der Waals surface area contributed by atoms with Crippen LogP contribution in [-0.4, -0.2) is 16.9 Å². The van der Waals surface area contributed by atoms with Crippen LogP contribution >= 0.6 is 0 Å². The van der Waals surface area contributed by atoms with Gasteiger partial charge < -0.3 is 9.94 Å². The van der Waals surface area contributed by atoms with E-state index in [1.165, 1.54) is 0 Å². The van der Waals surface area contributed by atoms with Gasteiger partial charge in [-0.3, -0.25) is 0 Å². The van der Waals surface area contributed by atoms with Gasteiger partial charge in [-0.05, 0) is 17.4 Å². The maximum atomic E-state index is 10.4. The zero-order valence-electron chi connectivity index (χ0n) is 11.7. The van der Waals surface area contributed by atoms with E-state index in [-0.39, 0.29) is 6.10 Å². The highest BCUT2D eigenvalue weighted by atomic mass is 16.6. The molecule has 0 radical (unpaired) electrons. The maximum Gasteiger partial charge on any atom is 0.137 e. The molecule has 2 aromatic carbocycles. The highest BCUT2D eigenvalue weighted by Crippen LogP contribution is 2.31. The second-order valence-corrected chi connectivity index (χ2v) is 5.34. The molecule has 3 rings (SSSR count). The van der Waals surface area contributed by atoms with Gasteiger partial charge in [0.05, 0.1) is 5.71 Å². The van der Waals surface area contributed by atoms with Crippen LogP contribution in [0.3, 0.4) is 0 Å². The molecule has 0 saturated carbocycles. The molecule has 20 heavy (non-hydrogen) atoms. The first-order chi connectivity index (χ1) is 9.78. The Kier molecular flexibility index (Phi) is 3.59. The van der Waals surface area contributed by atoms with Crippen LogP contribution in [0.5, 0.6) is 5.75 Å². The number of hydrogen-bond acceptors (Lipinski definition) is 3. The van der Waals surface area contributed by atoms with E-state index < -0.39 is 0 Å². The van der Waals surface area contributed by atoms with Gasteiger partial charge in [0, 0.05) is 18.2 Å². The van der Waals surface area contributed by atoms with E-state index in [0.717, 1.165) is 41.3 Å². The SMILES string of the molecule is CCCC1=NOC(Cc2ccc3ccccc3c2O)C1. The third-order valence-electron chi connectivity index (χ3n) is 3.76. The van der Waals surface area contributed by atoms with Gasteiger partial charge in [-0.1, -0.05) is 54.9 Å². The number of fused-ring (bicyclic) bond motifs is 1. The van der Waals surface area contributed by atoms with Crippen LogP contribution in [0.15, 0.2) is 41.6 Å². The van der Waals surface area contributed by atoms with E-state index in [4.69, 9.17) is 4.84 Å². The second kappa shape index (κ2) is 5.53. The smallest absolute Gasteiger partial charge is 0.137 e. The van der Waals surface area contributed by atoms with Gasteiger partial charge in [-0.2, -0.15) is 0 Å². The largest absolute Gasteiger partial charge is 0.507 e.